The summed E-state index contributed by atoms with van der Waals surface area (Å²) >= 11 is 1.77. The number of hydrogen-bond acceptors (Lipinski definition) is 4. The van der Waals surface area contributed by atoms with Gasteiger partial charge < -0.3 is 15.0 Å². The van der Waals surface area contributed by atoms with Crippen LogP contribution in [0.3, 0.4) is 0 Å². The van der Waals surface area contributed by atoms with Crippen molar-refractivity contribution in [2.75, 3.05) is 11.8 Å². The van der Waals surface area contributed by atoms with Gasteiger partial charge in [0, 0.05) is 15.3 Å². The largest absolute Gasteiger partial charge is 0.494 e. The quantitative estimate of drug-likeness (QED) is 0.455. The average molecular weight is 339 g/mol. The van der Waals surface area contributed by atoms with Gasteiger partial charge >= 0.3 is 7.05 Å². The highest BCUT2D eigenvalue weighted by atomic mass is 32.1. The summed E-state index contributed by atoms with van der Waals surface area (Å²) < 4.78 is 7.04. The van der Waals surface area contributed by atoms with Crippen LogP contribution < -0.4 is 9.96 Å². The van der Waals surface area contributed by atoms with E-state index in [2.05, 4.69) is 42.5 Å². The predicted octanol–water partition coefficient (Wildman–Crippen LogP) is 5.27. The molecule has 0 radical (unpaired) electrons. The number of benzene rings is 2. The molecule has 0 spiro atoms. The number of ether oxygens (including phenoxy) is 1. The molecule has 0 aliphatic heterocycles. The highest BCUT2D eigenvalue weighted by molar-refractivity contribution is 7.22. The van der Waals surface area contributed by atoms with Crippen LogP contribution in [-0.2, 0) is 0 Å². The number of nitrogens with one attached hydrogen (secondary N) is 1. The van der Waals surface area contributed by atoms with E-state index in [0.717, 1.165) is 30.9 Å². The molecule has 3 aromatic rings. The zero-order chi connectivity index (χ0) is 16.9. The Morgan fingerprint density at radius 1 is 1.12 bits per heavy atom. The Labute approximate surface area is 147 Å². The van der Waals surface area contributed by atoms with Gasteiger partial charge in [0.05, 0.1) is 6.61 Å². The lowest BCUT2D eigenvalue weighted by Gasteiger charge is -2.06. The van der Waals surface area contributed by atoms with Gasteiger partial charge in [0.15, 0.2) is 0 Å². The lowest BCUT2D eigenvalue weighted by atomic mass is 9.88. The molecule has 0 bridgehead atoms. The van der Waals surface area contributed by atoms with Crippen LogP contribution in [0.1, 0.15) is 19.8 Å². The van der Waals surface area contributed by atoms with E-state index < -0.39 is 7.05 Å². The minimum atomic E-state index is -0.550. The Hall–Kier alpha value is -1.98. The predicted molar refractivity (Wildman–Crippen MR) is 105 cm³/mol. The summed E-state index contributed by atoms with van der Waals surface area (Å²) in [4.78, 5) is 1.24. The van der Waals surface area contributed by atoms with Crippen LogP contribution in [0, 0.1) is 0 Å². The van der Waals surface area contributed by atoms with E-state index in [1.807, 2.05) is 18.2 Å². The van der Waals surface area contributed by atoms with Gasteiger partial charge in [-0.25, -0.2) is 0 Å². The first kappa shape index (κ1) is 16.9. The van der Waals surface area contributed by atoms with Crippen LogP contribution in [0.4, 0.5) is 5.69 Å². The van der Waals surface area contributed by atoms with E-state index in [0.29, 0.717) is 0 Å². The summed E-state index contributed by atoms with van der Waals surface area (Å²) in [6, 6.07) is 16.7. The average Bonchev–Trinajstić information content (AvgIpc) is 2.98. The van der Waals surface area contributed by atoms with Crippen LogP contribution >= 0.6 is 11.3 Å². The second kappa shape index (κ2) is 7.73. The fraction of sp³-hybridized carbons (Fsp3) is 0.263. The van der Waals surface area contributed by atoms with Crippen molar-refractivity contribution in [2.24, 2.45) is 0 Å². The molecule has 0 aliphatic carbocycles. The fourth-order valence-corrected chi connectivity index (χ4v) is 3.65. The zero-order valence-corrected chi connectivity index (χ0v) is 14.9. The Balaban J connectivity index is 1.79. The first-order valence-corrected chi connectivity index (χ1v) is 9.19. The summed E-state index contributed by atoms with van der Waals surface area (Å²) in [5, 5.41) is 13.6. The molecule has 0 unspecified atom stereocenters. The third-order valence-corrected chi connectivity index (χ3v) is 4.95. The molecule has 3 nitrogen and oxygen atoms in total. The molecular formula is C19H22BNO2S. The summed E-state index contributed by atoms with van der Waals surface area (Å²) in [6.07, 6.45) is 2.23. The molecule has 0 saturated heterocycles. The third-order valence-electron chi connectivity index (χ3n) is 3.80. The summed E-state index contributed by atoms with van der Waals surface area (Å²) in [5.41, 5.74) is 2.10. The zero-order valence-electron chi connectivity index (χ0n) is 14.1. The number of unbranched alkanes of at least 4 members (excludes halogenated alkanes) is 1. The molecule has 2 N–H and O–H groups in total. The summed E-state index contributed by atoms with van der Waals surface area (Å²) in [7, 11) is -0.550. The molecule has 3 rings (SSSR count). The third kappa shape index (κ3) is 4.10. The second-order valence-electron chi connectivity index (χ2n) is 5.91. The lowest BCUT2D eigenvalue weighted by molar-refractivity contribution is 0.310. The van der Waals surface area contributed by atoms with Crippen molar-refractivity contribution in [3.63, 3.8) is 0 Å². The van der Waals surface area contributed by atoms with Crippen LogP contribution in [0.2, 0.25) is 6.82 Å². The van der Waals surface area contributed by atoms with Crippen molar-refractivity contribution in [3.8, 4) is 16.2 Å². The first-order valence-electron chi connectivity index (χ1n) is 8.37. The topological polar surface area (TPSA) is 41.5 Å². The van der Waals surface area contributed by atoms with Crippen molar-refractivity contribution in [1.29, 1.82) is 0 Å². The van der Waals surface area contributed by atoms with Gasteiger partial charge in [0.2, 0.25) is 0 Å². The number of fused-ring (bicyclic) bond motifs is 1. The van der Waals surface area contributed by atoms with E-state index in [4.69, 9.17) is 4.74 Å². The van der Waals surface area contributed by atoms with E-state index in [-0.39, 0.29) is 0 Å². The molecular weight excluding hydrogens is 317 g/mol. The summed E-state index contributed by atoms with van der Waals surface area (Å²) in [6.45, 7) is 4.65. The van der Waals surface area contributed by atoms with E-state index in [1.165, 1.54) is 20.5 Å². The molecule has 0 fully saturated rings. The highest BCUT2D eigenvalue weighted by Gasteiger charge is 2.07. The normalized spacial score (nSPS) is 10.8. The van der Waals surface area contributed by atoms with E-state index >= 15 is 0 Å². The van der Waals surface area contributed by atoms with Gasteiger partial charge in [-0.1, -0.05) is 25.5 Å². The SMILES string of the molecule is CCCCOc1ccc2cc(-c3ccc(NB(C)O)cc3)sc2c1. The maximum atomic E-state index is 9.37. The number of anilines is 1. The molecule has 0 aliphatic rings. The maximum absolute atomic E-state index is 9.37. The van der Waals surface area contributed by atoms with Crippen LogP contribution in [0.15, 0.2) is 48.5 Å². The van der Waals surface area contributed by atoms with Gasteiger partial charge in [0.25, 0.3) is 0 Å². The maximum Gasteiger partial charge on any atom is 0.406 e. The smallest absolute Gasteiger partial charge is 0.406 e. The second-order valence-corrected chi connectivity index (χ2v) is 6.99. The molecule has 5 heteroatoms. The van der Waals surface area contributed by atoms with Crippen LogP contribution in [0.25, 0.3) is 20.5 Å². The number of rotatable bonds is 7. The fourth-order valence-electron chi connectivity index (χ4n) is 2.55. The molecule has 24 heavy (non-hydrogen) atoms. The highest BCUT2D eigenvalue weighted by Crippen LogP contribution is 2.35. The van der Waals surface area contributed by atoms with E-state index in [1.54, 1.807) is 18.2 Å². The molecule has 0 atom stereocenters. The van der Waals surface area contributed by atoms with Crippen molar-refractivity contribution < 1.29 is 9.76 Å². The minimum Gasteiger partial charge on any atom is -0.494 e. The Bertz CT molecular complexity index is 799. The molecule has 1 heterocycles. The van der Waals surface area contributed by atoms with Crippen LogP contribution in [-0.4, -0.2) is 18.7 Å². The van der Waals surface area contributed by atoms with Crippen molar-refractivity contribution in [3.05, 3.63) is 48.5 Å². The number of hydrogen-bond donors (Lipinski definition) is 2. The van der Waals surface area contributed by atoms with Crippen LogP contribution in [0.5, 0.6) is 5.75 Å². The minimum absolute atomic E-state index is 0.550. The molecule has 1 aromatic heterocycles. The van der Waals surface area contributed by atoms with Crippen molar-refractivity contribution in [1.82, 2.24) is 0 Å². The van der Waals surface area contributed by atoms with Gasteiger partial charge in [-0.05, 0) is 60.6 Å². The van der Waals surface area contributed by atoms with Gasteiger partial charge in [-0.15, -0.1) is 11.3 Å². The first-order chi connectivity index (χ1) is 11.7. The Kier molecular flexibility index (Phi) is 5.43. The number of thiophene rings is 1. The molecule has 0 amide bonds. The van der Waals surface area contributed by atoms with Gasteiger partial charge in [-0.2, -0.15) is 0 Å². The van der Waals surface area contributed by atoms with Gasteiger partial charge in [-0.3, -0.25) is 0 Å². The van der Waals surface area contributed by atoms with Gasteiger partial charge in [0.1, 0.15) is 5.75 Å². The summed E-state index contributed by atoms with van der Waals surface area (Å²) in [5.74, 6) is 0.945. The standard InChI is InChI=1S/C19H22BNO2S/c1-3-4-11-23-17-10-7-15-12-18(24-19(15)13-17)14-5-8-16(9-6-14)21-20(2)22/h5-10,12-13,21-22H,3-4,11H2,1-2H3. The Morgan fingerprint density at radius 3 is 2.62 bits per heavy atom. The molecule has 124 valence electrons. The lowest BCUT2D eigenvalue weighted by Crippen LogP contribution is -2.19. The van der Waals surface area contributed by atoms with Crippen molar-refractivity contribution in [2.45, 2.75) is 26.6 Å². The molecule has 2 aromatic carbocycles. The van der Waals surface area contributed by atoms with E-state index in [9.17, 15) is 5.02 Å². The Morgan fingerprint density at radius 2 is 1.92 bits per heavy atom. The monoisotopic (exact) mass is 339 g/mol. The van der Waals surface area contributed by atoms with Crippen molar-refractivity contribution >= 4 is 34.2 Å². The molecule has 0 saturated carbocycles.